The zero-order chi connectivity index (χ0) is 14.5. The fraction of sp³-hybridized carbons (Fsp3) is 0.429. The molecule has 0 saturated heterocycles. The van der Waals surface area contributed by atoms with Crippen LogP contribution in [0.1, 0.15) is 25.8 Å². The molecule has 1 amide bonds. The summed E-state index contributed by atoms with van der Waals surface area (Å²) in [5, 5.41) is 2.73. The van der Waals surface area contributed by atoms with E-state index in [1.54, 1.807) is 6.92 Å². The van der Waals surface area contributed by atoms with Crippen LogP contribution >= 0.6 is 15.9 Å². The number of methoxy groups -OCH3 is 1. The second-order valence-corrected chi connectivity index (χ2v) is 5.45. The summed E-state index contributed by atoms with van der Waals surface area (Å²) in [6.07, 6.45) is 0.704. The van der Waals surface area contributed by atoms with Crippen LogP contribution in [0, 0.1) is 0 Å². The molecule has 0 aromatic heterocycles. The lowest BCUT2D eigenvalue weighted by Gasteiger charge is -2.26. The first-order chi connectivity index (χ1) is 8.91. The first-order valence-corrected chi connectivity index (χ1v) is 6.84. The van der Waals surface area contributed by atoms with Gasteiger partial charge in [-0.05, 0) is 31.0 Å². The topological polar surface area (TPSA) is 55.4 Å². The van der Waals surface area contributed by atoms with Crippen LogP contribution in [0.15, 0.2) is 28.7 Å². The molecule has 0 aliphatic carbocycles. The summed E-state index contributed by atoms with van der Waals surface area (Å²) >= 11 is 3.36. The van der Waals surface area contributed by atoms with Crippen molar-refractivity contribution < 1.29 is 14.3 Å². The van der Waals surface area contributed by atoms with Crippen LogP contribution in [0.2, 0.25) is 0 Å². The highest BCUT2D eigenvalue weighted by Crippen LogP contribution is 2.14. The highest BCUT2D eigenvalue weighted by atomic mass is 79.9. The van der Waals surface area contributed by atoms with Crippen LogP contribution in [0.25, 0.3) is 0 Å². The Morgan fingerprint density at radius 1 is 1.42 bits per heavy atom. The van der Waals surface area contributed by atoms with Gasteiger partial charge in [0, 0.05) is 4.47 Å². The minimum Gasteiger partial charge on any atom is -0.467 e. The molecule has 0 bridgehead atoms. The number of halogens is 1. The number of hydrogen-bond donors (Lipinski definition) is 1. The van der Waals surface area contributed by atoms with E-state index in [4.69, 9.17) is 4.74 Å². The summed E-state index contributed by atoms with van der Waals surface area (Å²) in [6, 6.07) is 7.50. The lowest BCUT2D eigenvalue weighted by Crippen LogP contribution is -2.52. The smallest absolute Gasteiger partial charge is 0.331 e. The number of carbonyl (C=O) groups is 2. The molecule has 0 saturated carbocycles. The molecule has 5 heteroatoms. The Kier molecular flexibility index (Phi) is 5.54. The fourth-order valence-corrected chi connectivity index (χ4v) is 2.14. The van der Waals surface area contributed by atoms with Crippen LogP contribution in [-0.4, -0.2) is 24.5 Å². The maximum Gasteiger partial charge on any atom is 0.331 e. The van der Waals surface area contributed by atoms with Crippen molar-refractivity contribution in [3.63, 3.8) is 0 Å². The second-order valence-electron chi connectivity index (χ2n) is 4.53. The number of esters is 1. The Morgan fingerprint density at radius 3 is 2.63 bits per heavy atom. The molecule has 0 aliphatic heterocycles. The van der Waals surface area contributed by atoms with E-state index in [0.29, 0.717) is 6.42 Å². The predicted octanol–water partition coefficient (Wildman–Crippen LogP) is 2.45. The van der Waals surface area contributed by atoms with E-state index >= 15 is 0 Å². The normalized spacial score (nSPS) is 13.5. The SMILES string of the molecule is CC[C@@](C)(NC(=O)Cc1cccc(Br)c1)C(=O)OC. The number of nitrogens with one attached hydrogen (secondary N) is 1. The summed E-state index contributed by atoms with van der Waals surface area (Å²) in [6.45, 7) is 3.49. The van der Waals surface area contributed by atoms with Crippen molar-refractivity contribution in [2.45, 2.75) is 32.2 Å². The third-order valence-corrected chi connectivity index (χ3v) is 3.51. The van der Waals surface area contributed by atoms with Crippen molar-refractivity contribution in [1.82, 2.24) is 5.32 Å². The lowest BCUT2D eigenvalue weighted by atomic mass is 9.98. The summed E-state index contributed by atoms with van der Waals surface area (Å²) < 4.78 is 5.64. The zero-order valence-electron chi connectivity index (χ0n) is 11.3. The highest BCUT2D eigenvalue weighted by Gasteiger charge is 2.33. The zero-order valence-corrected chi connectivity index (χ0v) is 12.9. The van der Waals surface area contributed by atoms with Crippen LogP contribution in [0.3, 0.4) is 0 Å². The van der Waals surface area contributed by atoms with Gasteiger partial charge < -0.3 is 10.1 Å². The van der Waals surface area contributed by atoms with Crippen molar-refractivity contribution in [2.24, 2.45) is 0 Å². The number of amides is 1. The molecule has 1 aromatic carbocycles. The van der Waals surface area contributed by atoms with Gasteiger partial charge in [0.05, 0.1) is 13.5 Å². The van der Waals surface area contributed by atoms with E-state index < -0.39 is 11.5 Å². The average Bonchev–Trinajstić information content (AvgIpc) is 2.37. The van der Waals surface area contributed by atoms with Gasteiger partial charge in [-0.1, -0.05) is 35.0 Å². The van der Waals surface area contributed by atoms with Crippen molar-refractivity contribution >= 4 is 27.8 Å². The van der Waals surface area contributed by atoms with Crippen LogP contribution < -0.4 is 5.32 Å². The molecular formula is C14H18BrNO3. The monoisotopic (exact) mass is 327 g/mol. The molecule has 0 fully saturated rings. The maximum absolute atomic E-state index is 12.0. The van der Waals surface area contributed by atoms with Gasteiger partial charge in [-0.2, -0.15) is 0 Å². The molecule has 19 heavy (non-hydrogen) atoms. The van der Waals surface area contributed by atoms with Gasteiger partial charge in [-0.3, -0.25) is 4.79 Å². The van der Waals surface area contributed by atoms with E-state index in [9.17, 15) is 9.59 Å². The fourth-order valence-electron chi connectivity index (χ4n) is 1.69. The molecule has 1 N–H and O–H groups in total. The Labute approximate surface area is 121 Å². The maximum atomic E-state index is 12.0. The molecule has 0 radical (unpaired) electrons. The number of carbonyl (C=O) groups excluding carboxylic acids is 2. The number of rotatable bonds is 5. The third kappa shape index (κ3) is 4.35. The van der Waals surface area contributed by atoms with Gasteiger partial charge in [0.2, 0.25) is 5.91 Å². The first kappa shape index (κ1) is 15.7. The van der Waals surface area contributed by atoms with Crippen molar-refractivity contribution in [3.8, 4) is 0 Å². The lowest BCUT2D eigenvalue weighted by molar-refractivity contribution is -0.150. The van der Waals surface area contributed by atoms with Crippen LogP contribution in [0.5, 0.6) is 0 Å². The minimum atomic E-state index is -0.974. The standard InChI is InChI=1S/C14H18BrNO3/c1-4-14(2,13(18)19-3)16-12(17)9-10-6-5-7-11(15)8-10/h5-8H,4,9H2,1-3H3,(H,16,17)/t14-/m1/s1. The van der Waals surface area contributed by atoms with Crippen molar-refractivity contribution in [1.29, 1.82) is 0 Å². The first-order valence-electron chi connectivity index (χ1n) is 6.05. The van der Waals surface area contributed by atoms with Gasteiger partial charge in [0.15, 0.2) is 0 Å². The third-order valence-electron chi connectivity index (χ3n) is 3.01. The largest absolute Gasteiger partial charge is 0.467 e. The van der Waals surface area contributed by atoms with E-state index in [2.05, 4.69) is 21.2 Å². The second kappa shape index (κ2) is 6.70. The highest BCUT2D eigenvalue weighted by molar-refractivity contribution is 9.10. The molecular weight excluding hydrogens is 310 g/mol. The van der Waals surface area contributed by atoms with E-state index in [1.807, 2.05) is 31.2 Å². The molecule has 0 spiro atoms. The van der Waals surface area contributed by atoms with Gasteiger partial charge in [0.1, 0.15) is 5.54 Å². The number of ether oxygens (including phenoxy) is 1. The Hall–Kier alpha value is -1.36. The van der Waals surface area contributed by atoms with Crippen molar-refractivity contribution in [2.75, 3.05) is 7.11 Å². The molecule has 0 unspecified atom stereocenters. The van der Waals surface area contributed by atoms with Gasteiger partial charge in [-0.15, -0.1) is 0 Å². The summed E-state index contributed by atoms with van der Waals surface area (Å²) in [5.74, 6) is -0.634. The van der Waals surface area contributed by atoms with Gasteiger partial charge >= 0.3 is 5.97 Å². The Bertz CT molecular complexity index is 476. The molecule has 104 valence electrons. The quantitative estimate of drug-likeness (QED) is 0.845. The predicted molar refractivity (Wildman–Crippen MR) is 76.7 cm³/mol. The van der Waals surface area contributed by atoms with E-state index in [1.165, 1.54) is 7.11 Å². The number of benzene rings is 1. The number of hydrogen-bond acceptors (Lipinski definition) is 3. The van der Waals surface area contributed by atoms with Crippen molar-refractivity contribution in [3.05, 3.63) is 34.3 Å². The minimum absolute atomic E-state index is 0.201. The molecule has 4 nitrogen and oxygen atoms in total. The molecule has 1 atom stereocenters. The summed E-state index contributed by atoms with van der Waals surface area (Å²) in [4.78, 5) is 23.6. The van der Waals surface area contributed by atoms with Crippen LogP contribution in [0.4, 0.5) is 0 Å². The Balaban J connectivity index is 2.71. The molecule has 1 aromatic rings. The van der Waals surface area contributed by atoms with E-state index in [0.717, 1.165) is 10.0 Å². The summed E-state index contributed by atoms with van der Waals surface area (Å²) in [5.41, 5.74) is -0.0899. The molecule has 1 rings (SSSR count). The average molecular weight is 328 g/mol. The Morgan fingerprint density at radius 2 is 2.11 bits per heavy atom. The van der Waals surface area contributed by atoms with E-state index in [-0.39, 0.29) is 12.3 Å². The summed E-state index contributed by atoms with van der Waals surface area (Å²) in [7, 11) is 1.32. The van der Waals surface area contributed by atoms with Gasteiger partial charge in [-0.25, -0.2) is 4.79 Å². The van der Waals surface area contributed by atoms with Crippen LogP contribution in [-0.2, 0) is 20.7 Å². The molecule has 0 aliphatic rings. The van der Waals surface area contributed by atoms with Gasteiger partial charge in [0.25, 0.3) is 0 Å². The molecule has 0 heterocycles.